The van der Waals surface area contributed by atoms with Crippen molar-refractivity contribution in [3.05, 3.63) is 71.1 Å². The van der Waals surface area contributed by atoms with Gasteiger partial charge in [-0.3, -0.25) is 4.79 Å². The van der Waals surface area contributed by atoms with E-state index in [2.05, 4.69) is 87.3 Å². The van der Waals surface area contributed by atoms with E-state index in [9.17, 15) is 9.90 Å². The Morgan fingerprint density at radius 2 is 1.51 bits per heavy atom. The molecular formula is C38H47IrN2O2-. The predicted octanol–water partition coefficient (Wildman–Crippen LogP) is 10.4. The average Bonchev–Trinajstić information content (AvgIpc) is 2.93. The summed E-state index contributed by atoms with van der Waals surface area (Å²) in [7, 11) is 0. The summed E-state index contributed by atoms with van der Waals surface area (Å²) >= 11 is 0. The van der Waals surface area contributed by atoms with Crippen molar-refractivity contribution in [3.8, 4) is 0 Å². The molecule has 4 aromatic carbocycles. The number of fused-ring (bicyclic) bond motifs is 2. The van der Waals surface area contributed by atoms with Gasteiger partial charge in [0, 0.05) is 43.5 Å². The van der Waals surface area contributed by atoms with Gasteiger partial charge in [-0.1, -0.05) is 90.4 Å². The monoisotopic (exact) mass is 756 g/mol. The summed E-state index contributed by atoms with van der Waals surface area (Å²) in [5.74, 6) is 0.547. The number of carbonyl (C=O) groups is 1. The molecule has 1 aromatic heterocycles. The van der Waals surface area contributed by atoms with Gasteiger partial charge < -0.3 is 5.11 Å². The van der Waals surface area contributed by atoms with Crippen molar-refractivity contribution in [1.82, 2.24) is 10.2 Å². The molecule has 43 heavy (non-hydrogen) atoms. The van der Waals surface area contributed by atoms with Crippen LogP contribution in [0.2, 0.25) is 0 Å². The minimum Gasteiger partial charge on any atom is -0.512 e. The third kappa shape index (κ3) is 7.44. The van der Waals surface area contributed by atoms with Gasteiger partial charge >= 0.3 is 0 Å². The molecule has 4 nitrogen and oxygen atoms in total. The smallest absolute Gasteiger partial charge is 0.162 e. The number of nitrogens with zero attached hydrogens (tertiary/aromatic N) is 2. The van der Waals surface area contributed by atoms with Crippen LogP contribution in [0.25, 0.3) is 43.2 Å². The van der Waals surface area contributed by atoms with E-state index < -0.39 is 0 Å². The van der Waals surface area contributed by atoms with Crippen LogP contribution in [0.3, 0.4) is 0 Å². The van der Waals surface area contributed by atoms with E-state index in [0.717, 1.165) is 54.3 Å². The zero-order valence-corrected chi connectivity index (χ0v) is 29.7. The van der Waals surface area contributed by atoms with E-state index in [-0.39, 0.29) is 48.9 Å². The fourth-order valence-electron chi connectivity index (χ4n) is 6.25. The zero-order chi connectivity index (χ0) is 30.8. The molecule has 0 saturated heterocycles. The Morgan fingerprint density at radius 3 is 2.12 bits per heavy atom. The van der Waals surface area contributed by atoms with Gasteiger partial charge in [0.1, 0.15) is 0 Å². The summed E-state index contributed by atoms with van der Waals surface area (Å²) < 4.78 is 0. The van der Waals surface area contributed by atoms with Gasteiger partial charge in [-0.05, 0) is 72.2 Å². The van der Waals surface area contributed by atoms with Crippen molar-refractivity contribution in [2.24, 2.45) is 17.3 Å². The Hall–Kier alpha value is -2.88. The summed E-state index contributed by atoms with van der Waals surface area (Å²) in [6.07, 6.45) is 5.94. The van der Waals surface area contributed by atoms with Gasteiger partial charge in [0.25, 0.3) is 0 Å². The molecule has 0 unspecified atom stereocenters. The number of benzene rings is 4. The Balaban J connectivity index is 0.000000274. The van der Waals surface area contributed by atoms with Gasteiger partial charge in [-0.15, -0.1) is 28.5 Å². The molecule has 1 radical (unpaired) electrons. The number of rotatable bonds is 8. The van der Waals surface area contributed by atoms with Gasteiger partial charge in [-0.25, -0.2) is 5.10 Å². The number of carbonyl (C=O) groups excluding carboxylic acids is 1. The third-order valence-corrected chi connectivity index (χ3v) is 8.51. The molecule has 0 fully saturated rings. The second kappa shape index (κ2) is 14.3. The SMILES string of the molecule is CCC(CC)C(=O)/C=C(\O)C(CC)CC.Cc1[c-]c2c3nnc(C)c4cc(CC(C)(C)C)cc(c5cccc(c1)c25)c43.[Ir]. The van der Waals surface area contributed by atoms with Crippen LogP contribution in [0.4, 0.5) is 0 Å². The van der Waals surface area contributed by atoms with Gasteiger partial charge in [-0.2, -0.15) is 5.10 Å². The Bertz CT molecular complexity index is 1740. The minimum absolute atomic E-state index is 0. The first-order chi connectivity index (χ1) is 19.9. The van der Waals surface area contributed by atoms with Crippen molar-refractivity contribution in [2.45, 2.75) is 94.4 Å². The standard InChI is InChI=1S/C25H23N2.C13H24O2.Ir/c1-14-9-17-7-6-8-18-20-12-16(13-25(3,4)5)11-19-15(2)26-27-24(23(19)20)21(10-14)22(17)18;1-5-10(6-2)12(14)9-13(15)11(7-3)8-4;/h6-9,11-12H,13H2,1-5H3;9-11,14H,5-8H2,1-4H3;/q-1;;/b;12-9-;. The fourth-order valence-corrected chi connectivity index (χ4v) is 6.25. The Kier molecular flexibility index (Phi) is 11.5. The van der Waals surface area contributed by atoms with Crippen LogP contribution < -0.4 is 0 Å². The van der Waals surface area contributed by atoms with Crippen LogP contribution in [0.5, 0.6) is 0 Å². The molecule has 0 aliphatic rings. The van der Waals surface area contributed by atoms with Gasteiger partial charge in [0.05, 0.1) is 11.5 Å². The van der Waals surface area contributed by atoms with Crippen molar-refractivity contribution >= 4 is 49.0 Å². The molecule has 0 spiro atoms. The second-order valence-electron chi connectivity index (χ2n) is 13.0. The van der Waals surface area contributed by atoms with Crippen LogP contribution in [-0.2, 0) is 31.3 Å². The zero-order valence-electron chi connectivity index (χ0n) is 27.3. The maximum Gasteiger partial charge on any atom is 0.162 e. The molecule has 5 rings (SSSR count). The van der Waals surface area contributed by atoms with Crippen LogP contribution in [0, 0.1) is 37.2 Å². The first-order valence-corrected chi connectivity index (χ1v) is 15.6. The number of aliphatic hydroxyl groups excluding tert-OH is 1. The molecule has 0 bridgehead atoms. The molecule has 0 aliphatic heterocycles. The molecule has 1 heterocycles. The quantitative estimate of drug-likeness (QED) is 0.0563. The summed E-state index contributed by atoms with van der Waals surface area (Å²) in [4.78, 5) is 11.7. The number of aliphatic hydroxyl groups is 1. The normalized spacial score (nSPS) is 12.4. The van der Waals surface area contributed by atoms with Gasteiger partial charge in [0.15, 0.2) is 5.78 Å². The van der Waals surface area contributed by atoms with Crippen molar-refractivity contribution in [1.29, 1.82) is 0 Å². The van der Waals surface area contributed by atoms with Crippen molar-refractivity contribution in [2.75, 3.05) is 0 Å². The van der Waals surface area contributed by atoms with Crippen LogP contribution >= 0.6 is 0 Å². The molecule has 5 aromatic rings. The van der Waals surface area contributed by atoms with Crippen LogP contribution in [0.1, 0.15) is 91.0 Å². The van der Waals surface area contributed by atoms with E-state index >= 15 is 0 Å². The second-order valence-corrected chi connectivity index (χ2v) is 13.0. The molecular weight excluding hydrogens is 709 g/mol. The third-order valence-electron chi connectivity index (χ3n) is 8.51. The molecule has 1 N–H and O–H groups in total. The molecule has 0 saturated carbocycles. The topological polar surface area (TPSA) is 63.1 Å². The molecule has 231 valence electrons. The largest absolute Gasteiger partial charge is 0.512 e. The Labute approximate surface area is 271 Å². The number of aryl methyl sites for hydroxylation is 2. The molecule has 0 atom stereocenters. The number of aromatic nitrogens is 2. The number of hydrogen-bond donors (Lipinski definition) is 1. The summed E-state index contributed by atoms with van der Waals surface area (Å²) in [5.41, 5.74) is 4.71. The van der Waals surface area contributed by atoms with E-state index in [4.69, 9.17) is 0 Å². The van der Waals surface area contributed by atoms with Crippen molar-refractivity contribution in [3.63, 3.8) is 0 Å². The minimum atomic E-state index is 0. The van der Waals surface area contributed by atoms with E-state index in [1.165, 1.54) is 44.0 Å². The van der Waals surface area contributed by atoms with Crippen LogP contribution in [0.15, 0.2) is 48.2 Å². The number of ketones is 1. The number of allylic oxidation sites excluding steroid dienone is 2. The molecule has 5 heteroatoms. The summed E-state index contributed by atoms with van der Waals surface area (Å²) in [6, 6.07) is 17.1. The summed E-state index contributed by atoms with van der Waals surface area (Å²) in [5, 5.41) is 27.5. The summed E-state index contributed by atoms with van der Waals surface area (Å²) in [6.45, 7) is 19.1. The van der Waals surface area contributed by atoms with E-state index in [1.54, 1.807) is 0 Å². The fraction of sp³-hybridized carbons (Fsp3) is 0.447. The maximum absolute atomic E-state index is 11.7. The first kappa shape index (κ1) is 34.6. The average molecular weight is 756 g/mol. The maximum atomic E-state index is 11.7. The molecule has 0 amide bonds. The van der Waals surface area contributed by atoms with Crippen molar-refractivity contribution < 1.29 is 30.0 Å². The van der Waals surface area contributed by atoms with Crippen LogP contribution in [-0.4, -0.2) is 21.1 Å². The molecule has 0 aliphatic carbocycles. The number of hydrogen-bond acceptors (Lipinski definition) is 4. The van der Waals surface area contributed by atoms with E-state index in [0.29, 0.717) is 0 Å². The van der Waals surface area contributed by atoms with Gasteiger partial charge in [0.2, 0.25) is 0 Å². The predicted molar refractivity (Wildman–Crippen MR) is 179 cm³/mol. The Morgan fingerprint density at radius 1 is 0.884 bits per heavy atom. The van der Waals surface area contributed by atoms with E-state index in [1.807, 2.05) is 27.7 Å². The first-order valence-electron chi connectivity index (χ1n) is 15.6.